The Bertz CT molecular complexity index is 704. The summed E-state index contributed by atoms with van der Waals surface area (Å²) in [6.07, 6.45) is 1.04. The number of benzene rings is 2. The van der Waals surface area contributed by atoms with Crippen molar-refractivity contribution in [1.82, 2.24) is 4.90 Å². The second-order valence-electron chi connectivity index (χ2n) is 6.33. The van der Waals surface area contributed by atoms with Gasteiger partial charge in [0.25, 0.3) is 0 Å². The van der Waals surface area contributed by atoms with Gasteiger partial charge < -0.3 is 15.1 Å². The fraction of sp³-hybridized carbons (Fsp3) is 0.316. The van der Waals surface area contributed by atoms with Gasteiger partial charge in [-0.05, 0) is 48.6 Å². The SMILES string of the molecule is Fc1ccc(C[NH+]2CCCN(C(=S)Nc3ccc(F)cc3)CC2)cc1. The summed E-state index contributed by atoms with van der Waals surface area (Å²) < 4.78 is 26.0. The second-order valence-corrected chi connectivity index (χ2v) is 6.72. The summed E-state index contributed by atoms with van der Waals surface area (Å²) in [6.45, 7) is 4.70. The molecule has 3 rings (SSSR count). The van der Waals surface area contributed by atoms with Crippen molar-refractivity contribution >= 4 is 23.0 Å². The Morgan fingerprint density at radius 3 is 2.28 bits per heavy atom. The van der Waals surface area contributed by atoms with Crippen LogP contribution >= 0.6 is 12.2 Å². The Labute approximate surface area is 152 Å². The van der Waals surface area contributed by atoms with E-state index in [-0.39, 0.29) is 11.6 Å². The van der Waals surface area contributed by atoms with Crippen molar-refractivity contribution in [3.63, 3.8) is 0 Å². The zero-order valence-electron chi connectivity index (χ0n) is 14.0. The smallest absolute Gasteiger partial charge is 0.173 e. The molecule has 0 bridgehead atoms. The maximum atomic E-state index is 13.0. The number of anilines is 1. The fourth-order valence-electron chi connectivity index (χ4n) is 3.06. The highest BCUT2D eigenvalue weighted by molar-refractivity contribution is 7.80. The maximum absolute atomic E-state index is 13.0. The summed E-state index contributed by atoms with van der Waals surface area (Å²) >= 11 is 5.50. The van der Waals surface area contributed by atoms with Gasteiger partial charge in [0, 0.05) is 24.2 Å². The Morgan fingerprint density at radius 1 is 0.960 bits per heavy atom. The molecule has 1 aliphatic heterocycles. The highest BCUT2D eigenvalue weighted by atomic mass is 32.1. The van der Waals surface area contributed by atoms with Crippen LogP contribution in [0.3, 0.4) is 0 Å². The number of thiocarbonyl (C=S) groups is 1. The Hall–Kier alpha value is -2.05. The average molecular weight is 362 g/mol. The molecule has 2 N–H and O–H groups in total. The van der Waals surface area contributed by atoms with Crippen molar-refractivity contribution in [2.75, 3.05) is 31.5 Å². The number of halogens is 2. The molecule has 1 aliphatic rings. The van der Waals surface area contributed by atoms with Gasteiger partial charge >= 0.3 is 0 Å². The lowest BCUT2D eigenvalue weighted by Crippen LogP contribution is -3.11. The Morgan fingerprint density at radius 2 is 1.60 bits per heavy atom. The number of nitrogens with one attached hydrogen (secondary N) is 2. The normalized spacial score (nSPS) is 17.8. The van der Waals surface area contributed by atoms with Crippen LogP contribution in [-0.4, -0.2) is 36.2 Å². The molecule has 0 aliphatic carbocycles. The highest BCUT2D eigenvalue weighted by Crippen LogP contribution is 2.10. The molecule has 1 heterocycles. The second kappa shape index (κ2) is 8.36. The highest BCUT2D eigenvalue weighted by Gasteiger charge is 2.19. The van der Waals surface area contributed by atoms with Gasteiger partial charge in [0.2, 0.25) is 0 Å². The van der Waals surface area contributed by atoms with Gasteiger partial charge in [-0.3, -0.25) is 0 Å². The number of rotatable bonds is 3. The van der Waals surface area contributed by atoms with Gasteiger partial charge in [-0.1, -0.05) is 12.1 Å². The molecule has 132 valence electrons. The standard InChI is InChI=1S/C19H21F2N3S/c20-16-4-2-15(3-5-16)14-23-10-1-11-24(13-12-23)19(25)22-18-8-6-17(21)7-9-18/h2-9H,1,10-14H2,(H,22,25)/p+1. The molecular weight excluding hydrogens is 340 g/mol. The van der Waals surface area contributed by atoms with E-state index >= 15 is 0 Å². The van der Waals surface area contributed by atoms with E-state index in [9.17, 15) is 8.78 Å². The van der Waals surface area contributed by atoms with Crippen LogP contribution < -0.4 is 10.2 Å². The molecule has 1 atom stereocenters. The number of nitrogens with zero attached hydrogens (tertiary/aromatic N) is 1. The Kier molecular flexibility index (Phi) is 5.94. The van der Waals surface area contributed by atoms with Crippen molar-refractivity contribution < 1.29 is 13.7 Å². The summed E-state index contributed by atoms with van der Waals surface area (Å²) in [6, 6.07) is 12.9. The summed E-state index contributed by atoms with van der Waals surface area (Å²) in [4.78, 5) is 3.63. The molecular formula is C19H22F2N3S+. The van der Waals surface area contributed by atoms with E-state index in [2.05, 4.69) is 10.2 Å². The maximum Gasteiger partial charge on any atom is 0.173 e. The first-order chi connectivity index (χ1) is 12.1. The molecule has 6 heteroatoms. The average Bonchev–Trinajstić information content (AvgIpc) is 2.85. The molecule has 0 saturated carbocycles. The first-order valence-corrected chi connectivity index (χ1v) is 8.90. The lowest BCUT2D eigenvalue weighted by atomic mass is 10.2. The van der Waals surface area contributed by atoms with Gasteiger partial charge in [0.05, 0.1) is 19.6 Å². The van der Waals surface area contributed by atoms with E-state index in [0.717, 1.165) is 50.4 Å². The lowest BCUT2D eigenvalue weighted by Gasteiger charge is -2.23. The van der Waals surface area contributed by atoms with Crippen LogP contribution in [0.5, 0.6) is 0 Å². The molecule has 1 saturated heterocycles. The number of quaternary nitrogens is 1. The van der Waals surface area contributed by atoms with Gasteiger partial charge in [-0.25, -0.2) is 8.78 Å². The fourth-order valence-corrected chi connectivity index (χ4v) is 3.36. The van der Waals surface area contributed by atoms with E-state index in [4.69, 9.17) is 12.2 Å². The molecule has 0 amide bonds. The van der Waals surface area contributed by atoms with E-state index in [1.807, 2.05) is 12.1 Å². The Balaban J connectivity index is 1.52. The quantitative estimate of drug-likeness (QED) is 0.819. The van der Waals surface area contributed by atoms with Crippen LogP contribution in [0.4, 0.5) is 14.5 Å². The largest absolute Gasteiger partial charge is 0.343 e. The summed E-state index contributed by atoms with van der Waals surface area (Å²) in [5.74, 6) is -0.454. The molecule has 0 spiro atoms. The topological polar surface area (TPSA) is 19.7 Å². The zero-order chi connectivity index (χ0) is 17.6. The summed E-state index contributed by atoms with van der Waals surface area (Å²) in [5.41, 5.74) is 1.95. The molecule has 2 aromatic carbocycles. The molecule has 0 aromatic heterocycles. The van der Waals surface area contributed by atoms with Crippen LogP contribution in [0.2, 0.25) is 0 Å². The van der Waals surface area contributed by atoms with Crippen LogP contribution in [0.1, 0.15) is 12.0 Å². The van der Waals surface area contributed by atoms with Crippen LogP contribution in [0, 0.1) is 11.6 Å². The first kappa shape index (κ1) is 17.8. The van der Waals surface area contributed by atoms with Gasteiger partial charge in [0.15, 0.2) is 5.11 Å². The molecule has 1 unspecified atom stereocenters. The minimum absolute atomic E-state index is 0.196. The third kappa shape index (κ3) is 5.21. The molecule has 0 radical (unpaired) electrons. The predicted octanol–water partition coefficient (Wildman–Crippen LogP) is 2.45. The van der Waals surface area contributed by atoms with E-state index in [1.54, 1.807) is 12.1 Å². The van der Waals surface area contributed by atoms with E-state index in [0.29, 0.717) is 5.11 Å². The summed E-state index contributed by atoms with van der Waals surface area (Å²) in [7, 11) is 0. The first-order valence-electron chi connectivity index (χ1n) is 8.50. The minimum Gasteiger partial charge on any atom is -0.343 e. The molecule has 1 fully saturated rings. The van der Waals surface area contributed by atoms with Crippen molar-refractivity contribution in [2.24, 2.45) is 0 Å². The molecule has 25 heavy (non-hydrogen) atoms. The molecule has 2 aromatic rings. The lowest BCUT2D eigenvalue weighted by molar-refractivity contribution is -0.911. The van der Waals surface area contributed by atoms with Gasteiger partial charge in [-0.15, -0.1) is 0 Å². The van der Waals surface area contributed by atoms with Crippen molar-refractivity contribution in [1.29, 1.82) is 0 Å². The third-order valence-electron chi connectivity index (χ3n) is 4.44. The van der Waals surface area contributed by atoms with E-state index in [1.165, 1.54) is 29.2 Å². The van der Waals surface area contributed by atoms with Gasteiger partial charge in [-0.2, -0.15) is 0 Å². The van der Waals surface area contributed by atoms with Crippen LogP contribution in [0.15, 0.2) is 48.5 Å². The third-order valence-corrected chi connectivity index (χ3v) is 4.80. The molecule has 3 nitrogen and oxygen atoms in total. The van der Waals surface area contributed by atoms with Crippen molar-refractivity contribution in [3.05, 3.63) is 65.7 Å². The summed E-state index contributed by atoms with van der Waals surface area (Å²) in [5, 5.41) is 3.85. The zero-order valence-corrected chi connectivity index (χ0v) is 14.8. The van der Waals surface area contributed by atoms with Gasteiger partial charge in [0.1, 0.15) is 18.2 Å². The minimum atomic E-state index is -0.258. The number of hydrogen-bond acceptors (Lipinski definition) is 1. The van der Waals surface area contributed by atoms with E-state index < -0.39 is 0 Å². The number of hydrogen-bond donors (Lipinski definition) is 2. The van der Waals surface area contributed by atoms with Crippen molar-refractivity contribution in [2.45, 2.75) is 13.0 Å². The van der Waals surface area contributed by atoms with Crippen LogP contribution in [0.25, 0.3) is 0 Å². The van der Waals surface area contributed by atoms with Crippen molar-refractivity contribution in [3.8, 4) is 0 Å². The monoisotopic (exact) mass is 362 g/mol. The van der Waals surface area contributed by atoms with Crippen LogP contribution in [-0.2, 0) is 6.54 Å². The predicted molar refractivity (Wildman–Crippen MR) is 99.6 cm³/mol.